The molecule has 2 aliphatic heterocycles. The summed E-state index contributed by atoms with van der Waals surface area (Å²) in [4.78, 5) is 11.7. The number of benzene rings is 1. The average Bonchev–Trinajstić information content (AvgIpc) is 2.97. The van der Waals surface area contributed by atoms with Crippen molar-refractivity contribution in [1.29, 1.82) is 0 Å². The van der Waals surface area contributed by atoms with E-state index in [2.05, 4.69) is 66.0 Å². The van der Waals surface area contributed by atoms with Gasteiger partial charge < -0.3 is 0 Å². The van der Waals surface area contributed by atoms with Crippen molar-refractivity contribution in [3.63, 3.8) is 0 Å². The van der Waals surface area contributed by atoms with E-state index in [1.54, 1.807) is 0 Å². The molecule has 0 radical (unpaired) electrons. The first-order valence-corrected chi connectivity index (χ1v) is 10.4. The molecule has 0 N–H and O–H groups in total. The van der Waals surface area contributed by atoms with E-state index in [-0.39, 0.29) is 0 Å². The summed E-state index contributed by atoms with van der Waals surface area (Å²) < 4.78 is 2.23. The minimum atomic E-state index is 0.511. The number of rotatable bonds is 3. The lowest BCUT2D eigenvalue weighted by molar-refractivity contribution is 0.196. The third-order valence-corrected chi connectivity index (χ3v) is 5.97. The number of hydrogen-bond donors (Lipinski definition) is 0. The molecule has 0 bridgehead atoms. The zero-order valence-corrected chi connectivity index (χ0v) is 17.6. The van der Waals surface area contributed by atoms with Crippen LogP contribution in [-0.4, -0.2) is 28.7 Å². The van der Waals surface area contributed by atoms with Crippen LogP contribution in [0.25, 0.3) is 0 Å². The summed E-state index contributed by atoms with van der Waals surface area (Å²) >= 11 is 13.2. The molecule has 1 aromatic carbocycles. The molecule has 1 saturated heterocycles. The van der Waals surface area contributed by atoms with E-state index in [9.17, 15) is 0 Å². The number of halogens is 3. The molecule has 3 nitrogen and oxygen atoms in total. The van der Waals surface area contributed by atoms with Crippen LogP contribution in [0.2, 0.25) is 5.15 Å². The quantitative estimate of drug-likeness (QED) is 0.516. The molecule has 2 aliphatic rings. The molecule has 4 rings (SSSR count). The second-order valence-corrected chi connectivity index (χ2v) is 8.97. The second-order valence-electron chi connectivity index (χ2n) is 6.75. The summed E-state index contributed by atoms with van der Waals surface area (Å²) in [6.45, 7) is 3.18. The monoisotopic (exact) mass is 481 g/mol. The van der Waals surface area contributed by atoms with Gasteiger partial charge in [-0.1, -0.05) is 49.5 Å². The van der Waals surface area contributed by atoms with Crippen molar-refractivity contribution in [3.05, 3.63) is 55.6 Å². The van der Waals surface area contributed by atoms with Gasteiger partial charge in [-0.15, -0.1) is 0 Å². The molecule has 3 heterocycles. The van der Waals surface area contributed by atoms with Crippen LogP contribution < -0.4 is 0 Å². The maximum Gasteiger partial charge on any atom is 0.157 e. The fourth-order valence-electron chi connectivity index (χ4n) is 3.73. The first kappa shape index (κ1) is 17.7. The largest absolute Gasteiger partial charge is 0.298 e. The van der Waals surface area contributed by atoms with E-state index in [4.69, 9.17) is 16.6 Å². The van der Waals surface area contributed by atoms with Gasteiger partial charge in [0, 0.05) is 45.6 Å². The first-order valence-electron chi connectivity index (χ1n) is 8.47. The molecule has 130 valence electrons. The molecule has 0 saturated carbocycles. The predicted octanol–water partition coefficient (Wildman–Crippen LogP) is 5.80. The van der Waals surface area contributed by atoms with Gasteiger partial charge in [-0.05, 0) is 49.2 Å². The Morgan fingerprint density at radius 2 is 1.96 bits per heavy atom. The van der Waals surface area contributed by atoms with Crippen molar-refractivity contribution in [2.24, 2.45) is 10.9 Å². The number of nitrogens with zero attached hydrogens (tertiary/aromatic N) is 3. The van der Waals surface area contributed by atoms with Crippen LogP contribution in [0.1, 0.15) is 24.0 Å². The van der Waals surface area contributed by atoms with Gasteiger partial charge >= 0.3 is 0 Å². The van der Waals surface area contributed by atoms with Crippen molar-refractivity contribution >= 4 is 55.0 Å². The zero-order chi connectivity index (χ0) is 17.4. The Bertz CT molecular complexity index is 817. The molecule has 0 unspecified atom stereocenters. The topological polar surface area (TPSA) is 28.5 Å². The van der Waals surface area contributed by atoms with Crippen LogP contribution in [0.3, 0.4) is 0 Å². The van der Waals surface area contributed by atoms with Gasteiger partial charge in [0.2, 0.25) is 0 Å². The molecule has 6 heteroatoms. The highest BCUT2D eigenvalue weighted by atomic mass is 79.9. The highest BCUT2D eigenvalue weighted by molar-refractivity contribution is 9.11. The third-order valence-electron chi connectivity index (χ3n) is 4.85. The SMILES string of the molecule is Clc1ccc2c(n1)N=C([C@H]1CCCN(Cc3cc(Br)cc(Br)c3)C1)C2. The third kappa shape index (κ3) is 4.16. The number of piperidine rings is 1. The van der Waals surface area contributed by atoms with Crippen molar-refractivity contribution in [3.8, 4) is 0 Å². The highest BCUT2D eigenvalue weighted by Gasteiger charge is 2.28. The van der Waals surface area contributed by atoms with Crippen molar-refractivity contribution in [2.75, 3.05) is 13.1 Å². The van der Waals surface area contributed by atoms with Crippen LogP contribution in [-0.2, 0) is 13.0 Å². The molecule has 1 atom stereocenters. The molecule has 0 amide bonds. The van der Waals surface area contributed by atoms with Gasteiger partial charge in [-0.25, -0.2) is 9.98 Å². The molecular formula is C19H18Br2ClN3. The molecule has 1 aromatic heterocycles. The number of pyridine rings is 1. The van der Waals surface area contributed by atoms with E-state index in [0.29, 0.717) is 11.1 Å². The van der Waals surface area contributed by atoms with E-state index in [1.807, 2.05) is 6.07 Å². The normalized spacial score (nSPS) is 20.4. The molecule has 1 fully saturated rings. The number of aromatic nitrogens is 1. The average molecular weight is 484 g/mol. The predicted molar refractivity (Wildman–Crippen MR) is 110 cm³/mol. The Balaban J connectivity index is 1.46. The molecule has 0 spiro atoms. The number of hydrogen-bond acceptors (Lipinski definition) is 3. The second kappa shape index (κ2) is 7.47. The lowest BCUT2D eigenvalue weighted by Gasteiger charge is -2.33. The van der Waals surface area contributed by atoms with Gasteiger partial charge in [0.1, 0.15) is 5.15 Å². The summed E-state index contributed by atoms with van der Waals surface area (Å²) in [5, 5.41) is 0.522. The van der Waals surface area contributed by atoms with Crippen molar-refractivity contribution < 1.29 is 0 Å². The van der Waals surface area contributed by atoms with Crippen LogP contribution in [0, 0.1) is 5.92 Å². The van der Waals surface area contributed by atoms with Crippen molar-refractivity contribution in [1.82, 2.24) is 9.88 Å². The van der Waals surface area contributed by atoms with Gasteiger partial charge in [0.05, 0.1) is 0 Å². The van der Waals surface area contributed by atoms with Crippen LogP contribution in [0.4, 0.5) is 5.82 Å². The molecule has 0 aliphatic carbocycles. The standard InChI is InChI=1S/C19H18Br2ClN3/c20-15-6-12(7-16(21)9-15)10-25-5-1-2-14(11-25)17-8-13-3-4-18(22)24-19(13)23-17/h3-4,6-7,9,14H,1-2,5,8,10-11H2/t14-/m0/s1. The lowest BCUT2D eigenvalue weighted by Crippen LogP contribution is -2.38. The summed E-state index contributed by atoms with van der Waals surface area (Å²) in [7, 11) is 0. The Morgan fingerprint density at radius 3 is 2.76 bits per heavy atom. The molecule has 25 heavy (non-hydrogen) atoms. The maximum atomic E-state index is 6.00. The van der Waals surface area contributed by atoms with Crippen LogP contribution in [0.5, 0.6) is 0 Å². The van der Waals surface area contributed by atoms with Gasteiger partial charge in [-0.2, -0.15) is 0 Å². The summed E-state index contributed by atoms with van der Waals surface area (Å²) in [5.74, 6) is 1.33. The van der Waals surface area contributed by atoms with Crippen molar-refractivity contribution in [2.45, 2.75) is 25.8 Å². The zero-order valence-electron chi connectivity index (χ0n) is 13.7. The van der Waals surface area contributed by atoms with E-state index in [0.717, 1.165) is 40.8 Å². The van der Waals surface area contributed by atoms with Crippen LogP contribution in [0.15, 0.2) is 44.3 Å². The fourth-order valence-corrected chi connectivity index (χ4v) is 5.26. The number of aliphatic imine (C=N–C) groups is 1. The number of fused-ring (bicyclic) bond motifs is 1. The van der Waals surface area contributed by atoms with Gasteiger partial charge in [-0.3, -0.25) is 4.90 Å². The minimum Gasteiger partial charge on any atom is -0.298 e. The minimum absolute atomic E-state index is 0.511. The smallest absolute Gasteiger partial charge is 0.157 e. The van der Waals surface area contributed by atoms with Crippen LogP contribution >= 0.6 is 43.5 Å². The van der Waals surface area contributed by atoms with E-state index >= 15 is 0 Å². The fraction of sp³-hybridized carbons (Fsp3) is 0.368. The Hall–Kier alpha value is -0.750. The Kier molecular flexibility index (Phi) is 5.28. The van der Waals surface area contributed by atoms with Gasteiger partial charge in [0.25, 0.3) is 0 Å². The lowest BCUT2D eigenvalue weighted by atomic mass is 9.90. The Morgan fingerprint density at radius 1 is 1.16 bits per heavy atom. The van der Waals surface area contributed by atoms with E-state index < -0.39 is 0 Å². The maximum absolute atomic E-state index is 6.00. The highest BCUT2D eigenvalue weighted by Crippen LogP contribution is 2.31. The summed E-state index contributed by atoms with van der Waals surface area (Å²) in [5.41, 5.74) is 3.80. The number of likely N-dealkylation sites (tertiary alicyclic amines) is 1. The van der Waals surface area contributed by atoms with Gasteiger partial charge in [0.15, 0.2) is 5.82 Å². The molecule has 2 aromatic rings. The first-order chi connectivity index (χ1) is 12.1. The molecular weight excluding hydrogens is 465 g/mol. The summed E-state index contributed by atoms with van der Waals surface area (Å²) in [6, 6.07) is 10.4. The van der Waals surface area contributed by atoms with E-state index in [1.165, 1.54) is 29.7 Å². The Labute approximate surface area is 169 Å². The summed E-state index contributed by atoms with van der Waals surface area (Å²) in [6.07, 6.45) is 3.34.